The smallest absolute Gasteiger partial charge is 0.480 e. The van der Waals surface area contributed by atoms with Crippen LogP contribution in [0.15, 0.2) is 115 Å². The Hall–Kier alpha value is -4.08. The van der Waals surface area contributed by atoms with Crippen molar-refractivity contribution in [2.45, 2.75) is 12.1 Å². The molecule has 0 fully saturated rings. The van der Waals surface area contributed by atoms with Gasteiger partial charge in [-0.2, -0.15) is 0 Å². The van der Waals surface area contributed by atoms with Crippen LogP contribution in [0.2, 0.25) is 0 Å². The minimum Gasteiger partial charge on any atom is -0.480 e. The molecule has 4 nitrogen and oxygen atoms in total. The number of para-hydroxylation sites is 1. The molecule has 2 unspecified atom stereocenters. The van der Waals surface area contributed by atoms with Gasteiger partial charge in [0.15, 0.2) is 11.6 Å². The SMILES string of the molecule is [Zn+2].[c-]1ccccc1-c1cccc(N2c3nc4c(-c5[c-]cccc5)cccc4cc3OC3C=CC=CC32)n1. The fraction of sp³-hybridized carbons (Fsp3) is 0.0625. The average Bonchev–Trinajstić information content (AvgIpc) is 2.95. The molecule has 1 aliphatic heterocycles. The normalized spacial score (nSPS) is 17.5. The van der Waals surface area contributed by atoms with Crippen LogP contribution in [-0.2, 0) is 19.5 Å². The van der Waals surface area contributed by atoms with Crippen LogP contribution in [-0.4, -0.2) is 22.1 Å². The largest absolute Gasteiger partial charge is 2.00 e. The molecule has 1 aliphatic carbocycles. The summed E-state index contributed by atoms with van der Waals surface area (Å²) in [6.07, 6.45) is 8.20. The van der Waals surface area contributed by atoms with E-state index in [0.717, 1.165) is 50.7 Å². The second kappa shape index (κ2) is 9.76. The summed E-state index contributed by atoms with van der Waals surface area (Å²) in [5, 5.41) is 1.03. The summed E-state index contributed by atoms with van der Waals surface area (Å²) in [6, 6.07) is 36.9. The number of fused-ring (bicyclic) bond motifs is 3. The second-order valence-electron chi connectivity index (χ2n) is 8.83. The van der Waals surface area contributed by atoms with Gasteiger partial charge in [-0.25, -0.2) is 4.98 Å². The quantitative estimate of drug-likeness (QED) is 0.187. The summed E-state index contributed by atoms with van der Waals surface area (Å²) in [5.41, 5.74) is 4.79. The molecule has 37 heavy (non-hydrogen) atoms. The Balaban J connectivity index is 0.00000252. The van der Waals surface area contributed by atoms with Crippen molar-refractivity contribution < 1.29 is 24.2 Å². The molecule has 3 aromatic carbocycles. The Kier molecular flexibility index (Phi) is 6.15. The molecule has 7 rings (SSSR count). The number of pyridine rings is 2. The second-order valence-corrected chi connectivity index (χ2v) is 8.83. The van der Waals surface area contributed by atoms with Crippen LogP contribution in [0.5, 0.6) is 5.75 Å². The van der Waals surface area contributed by atoms with Crippen molar-refractivity contribution in [1.82, 2.24) is 9.97 Å². The number of rotatable bonds is 3. The van der Waals surface area contributed by atoms with Gasteiger partial charge in [0, 0.05) is 5.52 Å². The molecule has 2 aromatic heterocycles. The first-order valence-electron chi connectivity index (χ1n) is 12.0. The van der Waals surface area contributed by atoms with Crippen LogP contribution in [0.4, 0.5) is 11.6 Å². The van der Waals surface area contributed by atoms with Gasteiger partial charge in [-0.3, -0.25) is 9.88 Å². The van der Waals surface area contributed by atoms with E-state index in [9.17, 15) is 0 Å². The van der Waals surface area contributed by atoms with Gasteiger partial charge in [0.05, 0.1) is 6.04 Å². The maximum atomic E-state index is 6.47. The Morgan fingerprint density at radius 3 is 2.35 bits per heavy atom. The third-order valence-electron chi connectivity index (χ3n) is 6.60. The third kappa shape index (κ3) is 4.16. The van der Waals surface area contributed by atoms with Gasteiger partial charge in [-0.15, -0.1) is 71.8 Å². The Bertz CT molecular complexity index is 1630. The Labute approximate surface area is 228 Å². The topological polar surface area (TPSA) is 38.2 Å². The van der Waals surface area contributed by atoms with E-state index in [2.05, 4.69) is 65.6 Å². The van der Waals surface area contributed by atoms with E-state index in [0.29, 0.717) is 0 Å². The van der Waals surface area contributed by atoms with Gasteiger partial charge in [0.1, 0.15) is 11.9 Å². The van der Waals surface area contributed by atoms with Crippen molar-refractivity contribution in [2.75, 3.05) is 4.90 Å². The first-order valence-corrected chi connectivity index (χ1v) is 12.0. The summed E-state index contributed by atoms with van der Waals surface area (Å²) < 4.78 is 6.47. The molecule has 2 atom stereocenters. The zero-order valence-corrected chi connectivity index (χ0v) is 23.0. The molecule has 0 amide bonds. The predicted molar refractivity (Wildman–Crippen MR) is 143 cm³/mol. The van der Waals surface area contributed by atoms with Crippen LogP contribution in [0.3, 0.4) is 0 Å². The summed E-state index contributed by atoms with van der Waals surface area (Å²) in [7, 11) is 0. The number of anilines is 2. The van der Waals surface area contributed by atoms with Gasteiger partial charge < -0.3 is 4.74 Å². The summed E-state index contributed by atoms with van der Waals surface area (Å²) in [4.78, 5) is 12.5. The van der Waals surface area contributed by atoms with Gasteiger partial charge in [0.2, 0.25) is 0 Å². The molecule has 172 valence electrons. The fourth-order valence-electron chi connectivity index (χ4n) is 4.93. The van der Waals surface area contributed by atoms with Crippen molar-refractivity contribution in [2.24, 2.45) is 0 Å². The van der Waals surface area contributed by atoms with Gasteiger partial charge in [-0.1, -0.05) is 54.1 Å². The minimum absolute atomic E-state index is 0. The number of nitrogens with zero attached hydrogens (tertiary/aromatic N) is 3. The maximum Gasteiger partial charge on any atom is 2.00 e. The van der Waals surface area contributed by atoms with E-state index < -0.39 is 0 Å². The zero-order chi connectivity index (χ0) is 23.9. The first-order chi connectivity index (χ1) is 17.8. The molecule has 0 bridgehead atoms. The molecule has 0 spiro atoms. The van der Waals surface area contributed by atoms with Crippen molar-refractivity contribution in [3.8, 4) is 28.1 Å². The molecule has 5 heteroatoms. The minimum atomic E-state index is -0.138. The summed E-state index contributed by atoms with van der Waals surface area (Å²) >= 11 is 0. The molecule has 3 heterocycles. The van der Waals surface area contributed by atoms with E-state index in [4.69, 9.17) is 14.7 Å². The van der Waals surface area contributed by atoms with Gasteiger partial charge >= 0.3 is 19.5 Å². The average molecular weight is 529 g/mol. The van der Waals surface area contributed by atoms with E-state index in [-0.39, 0.29) is 31.6 Å². The maximum absolute atomic E-state index is 6.47. The van der Waals surface area contributed by atoms with E-state index in [1.165, 1.54) is 0 Å². The first kappa shape index (κ1) is 23.3. The standard InChI is InChI=1S/C32H21N3O.Zn/c1-3-11-22(12-4-1)25-16-9-15-24-21-29-32(34-31(24)25)35(27-18-7-8-19-28(27)36-29)30-20-10-17-26(33-30)23-13-5-2-6-14-23;/h1-11,13,15-21,27-28H;/q-2;+2. The zero-order valence-electron chi connectivity index (χ0n) is 20.1. The van der Waals surface area contributed by atoms with E-state index >= 15 is 0 Å². The summed E-state index contributed by atoms with van der Waals surface area (Å²) in [6.45, 7) is 0. The number of benzene rings is 3. The fourth-order valence-corrected chi connectivity index (χ4v) is 4.93. The van der Waals surface area contributed by atoms with Crippen molar-refractivity contribution >= 4 is 22.5 Å². The number of allylic oxidation sites excluding steroid dienone is 2. The Morgan fingerprint density at radius 1 is 0.757 bits per heavy atom. The van der Waals surface area contributed by atoms with Gasteiger partial charge in [-0.05, 0) is 29.3 Å². The predicted octanol–water partition coefficient (Wildman–Crippen LogP) is 6.96. The molecule has 2 aliphatic rings. The van der Waals surface area contributed by atoms with E-state index in [1.807, 2.05) is 66.7 Å². The monoisotopic (exact) mass is 527 g/mol. The van der Waals surface area contributed by atoms with Gasteiger partial charge in [0.25, 0.3) is 0 Å². The molecule has 5 aromatic rings. The Morgan fingerprint density at radius 2 is 1.54 bits per heavy atom. The van der Waals surface area contributed by atoms with Crippen LogP contribution in [0.25, 0.3) is 33.3 Å². The van der Waals surface area contributed by atoms with Crippen LogP contribution >= 0.6 is 0 Å². The summed E-state index contributed by atoms with van der Waals surface area (Å²) in [5.74, 6) is 2.32. The van der Waals surface area contributed by atoms with E-state index in [1.54, 1.807) is 0 Å². The van der Waals surface area contributed by atoms with Crippen molar-refractivity contribution in [3.63, 3.8) is 0 Å². The number of hydrogen-bond donors (Lipinski definition) is 0. The van der Waals surface area contributed by atoms with Crippen LogP contribution in [0, 0.1) is 12.1 Å². The van der Waals surface area contributed by atoms with Crippen LogP contribution < -0.4 is 9.64 Å². The number of aromatic nitrogens is 2. The number of ether oxygens (including phenoxy) is 1. The van der Waals surface area contributed by atoms with Crippen molar-refractivity contribution in [1.29, 1.82) is 0 Å². The number of hydrogen-bond acceptors (Lipinski definition) is 4. The van der Waals surface area contributed by atoms with Crippen molar-refractivity contribution in [3.05, 3.63) is 127 Å². The molecule has 0 radical (unpaired) electrons. The molecular weight excluding hydrogens is 508 g/mol. The van der Waals surface area contributed by atoms with Crippen LogP contribution in [0.1, 0.15) is 0 Å². The third-order valence-corrected chi connectivity index (χ3v) is 6.60. The molecule has 0 saturated heterocycles. The molecule has 0 N–H and O–H groups in total. The molecule has 0 saturated carbocycles. The molecular formula is C32H21N3OZn.